The number of nitrogens with zero attached hydrogens (tertiary/aromatic N) is 1. The van der Waals surface area contributed by atoms with Crippen LogP contribution < -0.4 is 5.32 Å². The minimum absolute atomic E-state index is 0. The Bertz CT molecular complexity index is 381. The summed E-state index contributed by atoms with van der Waals surface area (Å²) < 4.78 is 5.11. The molecule has 2 rings (SSSR count). The maximum atomic E-state index is 12.0. The highest BCUT2D eigenvalue weighted by atomic mass is 35.5. The Morgan fingerprint density at radius 3 is 3.00 bits per heavy atom. The largest absolute Gasteiger partial charge is 0.440 e. The minimum Gasteiger partial charge on any atom is -0.440 e. The summed E-state index contributed by atoms with van der Waals surface area (Å²) in [6, 6.07) is 3.21. The summed E-state index contributed by atoms with van der Waals surface area (Å²) in [6.45, 7) is 2.53. The van der Waals surface area contributed by atoms with Gasteiger partial charge in [0, 0.05) is 13.1 Å². The van der Waals surface area contributed by atoms with Crippen molar-refractivity contribution < 1.29 is 9.21 Å². The molecule has 1 aromatic heterocycles. The Balaban J connectivity index is 0.00000144. The van der Waals surface area contributed by atoms with Gasteiger partial charge < -0.3 is 14.6 Å². The summed E-state index contributed by atoms with van der Waals surface area (Å²) in [7, 11) is 1.93. The van der Waals surface area contributed by atoms with Gasteiger partial charge in [-0.2, -0.15) is 0 Å². The molecule has 2 heterocycles. The fourth-order valence-electron chi connectivity index (χ4n) is 2.06. The summed E-state index contributed by atoms with van der Waals surface area (Å²) in [6.07, 6.45) is 1.04. The summed E-state index contributed by atoms with van der Waals surface area (Å²) in [5.41, 5.74) is 0. The minimum atomic E-state index is -0.0643. The predicted octanol–water partition coefficient (Wildman–Crippen LogP) is 2.04. The van der Waals surface area contributed by atoms with Crippen molar-refractivity contribution in [2.24, 2.45) is 5.92 Å². The molecule has 1 fully saturated rings. The van der Waals surface area contributed by atoms with Gasteiger partial charge in [-0.25, -0.2) is 0 Å². The van der Waals surface area contributed by atoms with E-state index in [9.17, 15) is 4.79 Å². The number of nitrogens with one attached hydrogen (secondary N) is 1. The number of hydrogen-bond donors (Lipinski definition) is 1. The van der Waals surface area contributed by atoms with E-state index in [-0.39, 0.29) is 23.5 Å². The molecule has 0 radical (unpaired) electrons. The van der Waals surface area contributed by atoms with Crippen LogP contribution in [-0.2, 0) is 0 Å². The van der Waals surface area contributed by atoms with Gasteiger partial charge in [-0.15, -0.1) is 12.4 Å². The molecule has 0 bridgehead atoms. The van der Waals surface area contributed by atoms with E-state index in [1.165, 1.54) is 0 Å². The normalized spacial score (nSPS) is 19.2. The van der Waals surface area contributed by atoms with E-state index >= 15 is 0 Å². The SMILES string of the molecule is CNCC1CCN(C(=O)c2ccc(Cl)o2)C1.Cl. The van der Waals surface area contributed by atoms with Gasteiger partial charge in [0.05, 0.1) is 0 Å². The van der Waals surface area contributed by atoms with E-state index in [1.54, 1.807) is 12.1 Å². The zero-order chi connectivity index (χ0) is 11.5. The van der Waals surface area contributed by atoms with Crippen LogP contribution in [0.4, 0.5) is 0 Å². The maximum absolute atomic E-state index is 12.0. The molecule has 0 aliphatic carbocycles. The fourth-order valence-corrected chi connectivity index (χ4v) is 2.20. The molecule has 1 aliphatic heterocycles. The molecule has 1 aliphatic rings. The monoisotopic (exact) mass is 278 g/mol. The van der Waals surface area contributed by atoms with Gasteiger partial charge in [-0.1, -0.05) is 0 Å². The van der Waals surface area contributed by atoms with Crippen molar-refractivity contribution >= 4 is 29.9 Å². The molecule has 1 unspecified atom stereocenters. The molecule has 0 saturated carbocycles. The van der Waals surface area contributed by atoms with Crippen molar-refractivity contribution in [3.05, 3.63) is 23.1 Å². The first-order valence-corrected chi connectivity index (χ1v) is 5.77. The predicted molar refractivity (Wildman–Crippen MR) is 68.9 cm³/mol. The van der Waals surface area contributed by atoms with Gasteiger partial charge in [-0.05, 0) is 49.7 Å². The Kier molecular flexibility index (Phi) is 5.31. The number of rotatable bonds is 3. The van der Waals surface area contributed by atoms with Crippen LogP contribution in [0, 0.1) is 5.92 Å². The summed E-state index contributed by atoms with van der Waals surface area (Å²) in [4.78, 5) is 13.8. The summed E-state index contributed by atoms with van der Waals surface area (Å²) in [5, 5.41) is 3.39. The van der Waals surface area contributed by atoms with Crippen LogP contribution in [0.15, 0.2) is 16.5 Å². The second kappa shape index (κ2) is 6.28. The van der Waals surface area contributed by atoms with Crippen LogP contribution in [-0.4, -0.2) is 37.5 Å². The van der Waals surface area contributed by atoms with E-state index in [0.29, 0.717) is 11.7 Å². The van der Waals surface area contributed by atoms with E-state index in [2.05, 4.69) is 5.32 Å². The number of amides is 1. The van der Waals surface area contributed by atoms with E-state index in [1.807, 2.05) is 11.9 Å². The van der Waals surface area contributed by atoms with Crippen LogP contribution in [0.5, 0.6) is 0 Å². The highest BCUT2D eigenvalue weighted by molar-refractivity contribution is 6.29. The average molecular weight is 279 g/mol. The highest BCUT2D eigenvalue weighted by Gasteiger charge is 2.27. The topological polar surface area (TPSA) is 45.5 Å². The number of furan rings is 1. The van der Waals surface area contributed by atoms with Gasteiger partial charge in [0.15, 0.2) is 11.0 Å². The van der Waals surface area contributed by atoms with Gasteiger partial charge in [-0.3, -0.25) is 4.79 Å². The average Bonchev–Trinajstić information content (AvgIpc) is 2.87. The molecule has 1 saturated heterocycles. The number of carbonyl (C=O) groups excluding carboxylic acids is 1. The van der Waals surface area contributed by atoms with Gasteiger partial charge in [0.2, 0.25) is 0 Å². The lowest BCUT2D eigenvalue weighted by atomic mass is 10.1. The second-order valence-electron chi connectivity index (χ2n) is 4.07. The third kappa shape index (κ3) is 3.37. The first-order valence-electron chi connectivity index (χ1n) is 5.40. The number of likely N-dealkylation sites (tertiary alicyclic amines) is 1. The standard InChI is InChI=1S/C11H15ClN2O2.ClH/c1-13-6-8-4-5-14(7-8)11(15)9-2-3-10(12)16-9;/h2-3,8,13H,4-7H2,1H3;1H. The molecule has 0 spiro atoms. The van der Waals surface area contributed by atoms with Crippen molar-refractivity contribution in [3.8, 4) is 0 Å². The lowest BCUT2D eigenvalue weighted by Gasteiger charge is -2.14. The first-order chi connectivity index (χ1) is 7.70. The Morgan fingerprint density at radius 1 is 1.65 bits per heavy atom. The van der Waals surface area contributed by atoms with E-state index in [4.69, 9.17) is 16.0 Å². The maximum Gasteiger partial charge on any atom is 0.289 e. The lowest BCUT2D eigenvalue weighted by Crippen LogP contribution is -2.30. The van der Waals surface area contributed by atoms with Crippen molar-refractivity contribution in [1.29, 1.82) is 0 Å². The molecule has 1 aromatic rings. The third-order valence-electron chi connectivity index (χ3n) is 2.85. The number of halogens is 2. The van der Waals surface area contributed by atoms with Crippen LogP contribution >= 0.6 is 24.0 Å². The van der Waals surface area contributed by atoms with Gasteiger partial charge >= 0.3 is 0 Å². The Labute approximate surface area is 112 Å². The molecule has 1 atom stereocenters. The first kappa shape index (κ1) is 14.4. The highest BCUT2D eigenvalue weighted by Crippen LogP contribution is 2.20. The van der Waals surface area contributed by atoms with Crippen LogP contribution in [0.1, 0.15) is 17.0 Å². The second-order valence-corrected chi connectivity index (χ2v) is 4.44. The third-order valence-corrected chi connectivity index (χ3v) is 3.05. The molecule has 96 valence electrons. The van der Waals surface area contributed by atoms with E-state index in [0.717, 1.165) is 26.1 Å². The van der Waals surface area contributed by atoms with Gasteiger partial charge in [0.1, 0.15) is 0 Å². The zero-order valence-electron chi connectivity index (χ0n) is 9.61. The van der Waals surface area contributed by atoms with Crippen molar-refractivity contribution in [3.63, 3.8) is 0 Å². The molecule has 1 N–H and O–H groups in total. The van der Waals surface area contributed by atoms with Crippen LogP contribution in [0.2, 0.25) is 5.22 Å². The van der Waals surface area contributed by atoms with Crippen molar-refractivity contribution in [1.82, 2.24) is 10.2 Å². The van der Waals surface area contributed by atoms with E-state index < -0.39 is 0 Å². The fraction of sp³-hybridized carbons (Fsp3) is 0.545. The van der Waals surface area contributed by atoms with Crippen LogP contribution in [0.3, 0.4) is 0 Å². The molecular formula is C11H16Cl2N2O2. The molecule has 4 nitrogen and oxygen atoms in total. The van der Waals surface area contributed by atoms with Gasteiger partial charge in [0.25, 0.3) is 5.91 Å². The Morgan fingerprint density at radius 2 is 2.41 bits per heavy atom. The number of carbonyl (C=O) groups is 1. The molecule has 1 amide bonds. The molecule has 0 aromatic carbocycles. The van der Waals surface area contributed by atoms with Crippen molar-refractivity contribution in [2.75, 3.05) is 26.7 Å². The lowest BCUT2D eigenvalue weighted by molar-refractivity contribution is 0.0755. The molecule has 17 heavy (non-hydrogen) atoms. The van der Waals surface area contributed by atoms with Crippen LogP contribution in [0.25, 0.3) is 0 Å². The number of hydrogen-bond acceptors (Lipinski definition) is 3. The summed E-state index contributed by atoms with van der Waals surface area (Å²) >= 11 is 5.64. The smallest absolute Gasteiger partial charge is 0.289 e. The molecular weight excluding hydrogens is 263 g/mol. The summed E-state index contributed by atoms with van der Waals surface area (Å²) in [5.74, 6) is 0.806. The quantitative estimate of drug-likeness (QED) is 0.921. The molecule has 6 heteroatoms. The zero-order valence-corrected chi connectivity index (χ0v) is 11.2. The Hall–Kier alpha value is -0.710. The van der Waals surface area contributed by atoms with Crippen molar-refractivity contribution in [2.45, 2.75) is 6.42 Å².